The van der Waals surface area contributed by atoms with Crippen molar-refractivity contribution < 1.29 is 14.5 Å². The van der Waals surface area contributed by atoms with Crippen LogP contribution < -0.4 is 5.32 Å². The van der Waals surface area contributed by atoms with Crippen molar-refractivity contribution in [1.82, 2.24) is 15.1 Å². The third-order valence-electron chi connectivity index (χ3n) is 2.90. The highest BCUT2D eigenvalue weighted by Gasteiger charge is 2.20. The minimum Gasteiger partial charge on any atom is -0.358 e. The van der Waals surface area contributed by atoms with Gasteiger partial charge in [0.05, 0.1) is 29.3 Å². The standard InChI is InChI=1S/C12H17ClN4O4/c1-8(12(19)14-5-3-4-10(13)18)7-16-9(2)6-11(15-16)17(20)21/h6,8H,3-5,7H2,1-2H3,(H,14,19). The molecule has 0 aromatic carbocycles. The monoisotopic (exact) mass is 316 g/mol. The fourth-order valence-electron chi connectivity index (χ4n) is 1.72. The maximum absolute atomic E-state index is 11.8. The van der Waals surface area contributed by atoms with Crippen LogP contribution in [0.25, 0.3) is 0 Å². The average Bonchev–Trinajstić information content (AvgIpc) is 2.76. The van der Waals surface area contributed by atoms with Crippen molar-refractivity contribution in [2.45, 2.75) is 33.2 Å². The van der Waals surface area contributed by atoms with Crippen LogP contribution in [0.4, 0.5) is 5.82 Å². The number of carbonyl (C=O) groups excluding carboxylic acids is 2. The molecule has 0 fully saturated rings. The van der Waals surface area contributed by atoms with Gasteiger partial charge in [-0.15, -0.1) is 0 Å². The SMILES string of the molecule is Cc1cc([N+](=O)[O-])nn1CC(C)C(=O)NCCCC(=O)Cl. The molecule has 0 aliphatic carbocycles. The third-order valence-corrected chi connectivity index (χ3v) is 3.09. The van der Waals surface area contributed by atoms with Crippen molar-refractivity contribution in [2.75, 3.05) is 6.54 Å². The highest BCUT2D eigenvalue weighted by Crippen LogP contribution is 2.12. The summed E-state index contributed by atoms with van der Waals surface area (Å²) in [4.78, 5) is 32.4. The van der Waals surface area contributed by atoms with Crippen LogP contribution in [0.2, 0.25) is 0 Å². The summed E-state index contributed by atoms with van der Waals surface area (Å²) < 4.78 is 1.44. The van der Waals surface area contributed by atoms with Gasteiger partial charge in [-0.05, 0) is 29.9 Å². The van der Waals surface area contributed by atoms with Crippen LogP contribution in [0, 0.1) is 23.0 Å². The fraction of sp³-hybridized carbons (Fsp3) is 0.583. The predicted octanol–water partition coefficient (Wildman–Crippen LogP) is 1.40. The Balaban J connectivity index is 2.48. The second-order valence-electron chi connectivity index (χ2n) is 4.73. The van der Waals surface area contributed by atoms with Gasteiger partial charge in [0, 0.05) is 13.0 Å². The Bertz CT molecular complexity index is 543. The molecule has 9 heteroatoms. The molecule has 8 nitrogen and oxygen atoms in total. The average molecular weight is 317 g/mol. The first-order valence-electron chi connectivity index (χ1n) is 6.46. The molecule has 0 saturated heterocycles. The highest BCUT2D eigenvalue weighted by molar-refractivity contribution is 6.63. The second-order valence-corrected chi connectivity index (χ2v) is 5.16. The minimum atomic E-state index is -0.572. The number of aryl methyl sites for hydroxylation is 1. The summed E-state index contributed by atoms with van der Waals surface area (Å²) in [7, 11) is 0. The molecule has 1 unspecified atom stereocenters. The van der Waals surface area contributed by atoms with E-state index in [1.807, 2.05) is 0 Å². The highest BCUT2D eigenvalue weighted by atomic mass is 35.5. The summed E-state index contributed by atoms with van der Waals surface area (Å²) in [6.45, 7) is 4.01. The Morgan fingerprint density at radius 1 is 1.57 bits per heavy atom. The van der Waals surface area contributed by atoms with E-state index in [4.69, 9.17) is 11.6 Å². The molecule has 1 rings (SSSR count). The van der Waals surface area contributed by atoms with E-state index < -0.39 is 16.1 Å². The van der Waals surface area contributed by atoms with Gasteiger partial charge in [-0.2, -0.15) is 4.68 Å². The molecule has 1 aromatic heterocycles. The van der Waals surface area contributed by atoms with Crippen molar-refractivity contribution in [3.63, 3.8) is 0 Å². The van der Waals surface area contributed by atoms with Gasteiger partial charge < -0.3 is 15.4 Å². The number of nitro groups is 1. The first-order valence-corrected chi connectivity index (χ1v) is 6.84. The number of halogens is 1. The molecule has 0 spiro atoms. The molecule has 1 N–H and O–H groups in total. The lowest BCUT2D eigenvalue weighted by Crippen LogP contribution is -2.32. The van der Waals surface area contributed by atoms with Crippen LogP contribution in [0.1, 0.15) is 25.5 Å². The molecular weight excluding hydrogens is 300 g/mol. The van der Waals surface area contributed by atoms with Gasteiger partial charge in [-0.3, -0.25) is 9.59 Å². The van der Waals surface area contributed by atoms with Crippen molar-refractivity contribution in [2.24, 2.45) is 5.92 Å². The van der Waals surface area contributed by atoms with Gasteiger partial charge in [0.2, 0.25) is 11.1 Å². The number of nitrogens with zero attached hydrogens (tertiary/aromatic N) is 3. The minimum absolute atomic E-state index is 0.199. The first kappa shape index (κ1) is 17.1. The lowest BCUT2D eigenvalue weighted by Gasteiger charge is -2.11. The normalized spacial score (nSPS) is 12.0. The number of hydrogen-bond donors (Lipinski definition) is 1. The summed E-state index contributed by atoms with van der Waals surface area (Å²) in [6, 6.07) is 1.36. The number of nitrogens with one attached hydrogen (secondary N) is 1. The van der Waals surface area contributed by atoms with Gasteiger partial charge in [-0.25, -0.2) is 0 Å². The lowest BCUT2D eigenvalue weighted by molar-refractivity contribution is -0.389. The molecule has 0 bridgehead atoms. The van der Waals surface area contributed by atoms with Crippen LogP contribution in [0.3, 0.4) is 0 Å². The second kappa shape index (κ2) is 7.72. The summed E-state index contributed by atoms with van der Waals surface area (Å²) in [5.74, 6) is -0.829. The molecule has 1 aromatic rings. The third kappa shape index (κ3) is 5.50. The quantitative estimate of drug-likeness (QED) is 0.337. The molecule has 0 radical (unpaired) electrons. The van der Waals surface area contributed by atoms with Gasteiger partial charge in [0.1, 0.15) is 0 Å². The topological polar surface area (TPSA) is 107 Å². The molecule has 116 valence electrons. The zero-order valence-electron chi connectivity index (χ0n) is 11.8. The predicted molar refractivity (Wildman–Crippen MR) is 75.9 cm³/mol. The smallest absolute Gasteiger partial charge is 0.358 e. The molecule has 21 heavy (non-hydrogen) atoms. The van der Waals surface area contributed by atoms with Gasteiger partial charge in [-0.1, -0.05) is 6.92 Å². The van der Waals surface area contributed by atoms with E-state index in [2.05, 4.69) is 10.4 Å². The van der Waals surface area contributed by atoms with Crippen LogP contribution in [0.5, 0.6) is 0 Å². The van der Waals surface area contributed by atoms with E-state index >= 15 is 0 Å². The van der Waals surface area contributed by atoms with Crippen molar-refractivity contribution >= 4 is 28.6 Å². The molecule has 0 aliphatic rings. The maximum Gasteiger partial charge on any atom is 0.390 e. The van der Waals surface area contributed by atoms with E-state index in [1.165, 1.54) is 10.7 Å². The van der Waals surface area contributed by atoms with Crippen LogP contribution in [-0.4, -0.2) is 32.4 Å². The Hall–Kier alpha value is -1.96. The van der Waals surface area contributed by atoms with Crippen LogP contribution in [0.15, 0.2) is 6.07 Å². The fourth-order valence-corrected chi connectivity index (χ4v) is 1.86. The molecule has 1 amide bonds. The van der Waals surface area contributed by atoms with Gasteiger partial charge in [0.25, 0.3) is 0 Å². The number of amides is 1. The summed E-state index contributed by atoms with van der Waals surface area (Å²) in [6.07, 6.45) is 0.688. The molecule has 0 saturated carbocycles. The Kier molecular flexibility index (Phi) is 6.29. The van der Waals surface area contributed by atoms with Crippen LogP contribution >= 0.6 is 11.6 Å². The number of rotatable bonds is 8. The van der Waals surface area contributed by atoms with E-state index in [0.717, 1.165) is 0 Å². The summed E-state index contributed by atoms with van der Waals surface area (Å²) in [5, 5.41) is 16.7. The zero-order valence-corrected chi connectivity index (χ0v) is 12.6. The van der Waals surface area contributed by atoms with Gasteiger partial charge in [0.15, 0.2) is 0 Å². The van der Waals surface area contributed by atoms with E-state index in [9.17, 15) is 19.7 Å². The van der Waals surface area contributed by atoms with Crippen molar-refractivity contribution in [3.8, 4) is 0 Å². The van der Waals surface area contributed by atoms with E-state index in [-0.39, 0.29) is 24.7 Å². The molecular formula is C12H17ClN4O4. The Labute approximate surface area is 126 Å². The number of carbonyl (C=O) groups is 2. The zero-order chi connectivity index (χ0) is 16.0. The Morgan fingerprint density at radius 3 is 2.76 bits per heavy atom. The van der Waals surface area contributed by atoms with Crippen LogP contribution in [-0.2, 0) is 16.1 Å². The largest absolute Gasteiger partial charge is 0.390 e. The van der Waals surface area contributed by atoms with Crippen molar-refractivity contribution in [1.29, 1.82) is 0 Å². The number of aromatic nitrogens is 2. The lowest BCUT2D eigenvalue weighted by atomic mass is 10.1. The maximum atomic E-state index is 11.8. The van der Waals surface area contributed by atoms with E-state index in [0.29, 0.717) is 18.7 Å². The van der Waals surface area contributed by atoms with Gasteiger partial charge >= 0.3 is 5.82 Å². The van der Waals surface area contributed by atoms with E-state index in [1.54, 1.807) is 13.8 Å². The first-order chi connectivity index (χ1) is 9.81. The number of hydrogen-bond acceptors (Lipinski definition) is 5. The molecule has 1 atom stereocenters. The summed E-state index contributed by atoms with van der Waals surface area (Å²) in [5.41, 5.74) is 0.620. The molecule has 1 heterocycles. The Morgan fingerprint density at radius 2 is 2.24 bits per heavy atom. The molecule has 0 aliphatic heterocycles. The van der Waals surface area contributed by atoms with Crippen molar-refractivity contribution in [3.05, 3.63) is 21.9 Å². The summed E-state index contributed by atoms with van der Waals surface area (Å²) >= 11 is 5.19.